The van der Waals surface area contributed by atoms with Crippen LogP contribution >= 0.6 is 0 Å². The minimum atomic E-state index is 0.124. The van der Waals surface area contributed by atoms with Crippen LogP contribution in [0.2, 0.25) is 0 Å². The van der Waals surface area contributed by atoms with Crippen LogP contribution < -0.4 is 15.5 Å². The summed E-state index contributed by atoms with van der Waals surface area (Å²) in [5.74, 6) is 1.42. The highest BCUT2D eigenvalue weighted by Gasteiger charge is 2.33. The zero-order valence-electron chi connectivity index (χ0n) is 17.4. The van der Waals surface area contributed by atoms with E-state index in [2.05, 4.69) is 58.7 Å². The molecule has 1 aliphatic carbocycles. The lowest BCUT2D eigenvalue weighted by molar-refractivity contribution is -0.117. The Balaban J connectivity index is 1.43. The van der Waals surface area contributed by atoms with Crippen molar-refractivity contribution in [2.24, 2.45) is 0 Å². The lowest BCUT2D eigenvalue weighted by atomic mass is 10.1. The highest BCUT2D eigenvalue weighted by Crippen LogP contribution is 2.31. The standard InChI is InChI=1S/C23H31N5O/c1-3-20(4-2)28-21(29)13-17-15-25-23(27-22(17)28)26-19-11-9-16(10-12-19)14-24-18-7-5-6-8-18/h9-12,15,18,20,24H,3-8,13-14H2,1-2H3,(H,25,26,27). The third-order valence-corrected chi connectivity index (χ3v) is 6.15. The molecule has 0 saturated heterocycles. The molecule has 1 amide bonds. The van der Waals surface area contributed by atoms with Crippen molar-refractivity contribution in [3.05, 3.63) is 41.6 Å². The molecule has 2 N–H and O–H groups in total. The van der Waals surface area contributed by atoms with Gasteiger partial charge in [0.25, 0.3) is 0 Å². The number of hydrogen-bond donors (Lipinski definition) is 2. The van der Waals surface area contributed by atoms with Crippen LogP contribution in [-0.4, -0.2) is 28.0 Å². The Kier molecular flexibility index (Phi) is 6.09. The number of carbonyl (C=O) groups is 1. The summed E-state index contributed by atoms with van der Waals surface area (Å²) in [7, 11) is 0. The smallest absolute Gasteiger partial charge is 0.233 e. The van der Waals surface area contributed by atoms with Gasteiger partial charge in [-0.25, -0.2) is 4.98 Å². The number of nitrogens with one attached hydrogen (secondary N) is 2. The van der Waals surface area contributed by atoms with Crippen LogP contribution in [0.4, 0.5) is 17.5 Å². The Morgan fingerprint density at radius 3 is 2.55 bits per heavy atom. The molecule has 2 aliphatic rings. The van der Waals surface area contributed by atoms with Crippen LogP contribution in [0, 0.1) is 0 Å². The molecule has 1 aliphatic heterocycles. The summed E-state index contributed by atoms with van der Waals surface area (Å²) in [5, 5.41) is 6.93. The Morgan fingerprint density at radius 1 is 1.14 bits per heavy atom. The maximum absolute atomic E-state index is 12.5. The van der Waals surface area contributed by atoms with Crippen LogP contribution in [0.1, 0.15) is 63.5 Å². The molecule has 0 unspecified atom stereocenters. The summed E-state index contributed by atoms with van der Waals surface area (Å²) in [5.41, 5.74) is 3.15. The third-order valence-electron chi connectivity index (χ3n) is 6.15. The van der Waals surface area contributed by atoms with Gasteiger partial charge in [-0.05, 0) is 43.4 Å². The van der Waals surface area contributed by atoms with Gasteiger partial charge in [-0.2, -0.15) is 4.98 Å². The third kappa shape index (κ3) is 4.42. The summed E-state index contributed by atoms with van der Waals surface area (Å²) in [6.45, 7) is 5.14. The number of anilines is 3. The van der Waals surface area contributed by atoms with Crippen molar-refractivity contribution in [2.75, 3.05) is 10.2 Å². The molecule has 0 radical (unpaired) electrons. The van der Waals surface area contributed by atoms with Gasteiger partial charge in [0.15, 0.2) is 0 Å². The molecular weight excluding hydrogens is 362 g/mol. The van der Waals surface area contributed by atoms with E-state index in [1.165, 1.54) is 31.2 Å². The fourth-order valence-electron chi connectivity index (χ4n) is 4.42. The van der Waals surface area contributed by atoms with Crippen LogP contribution in [0.25, 0.3) is 0 Å². The summed E-state index contributed by atoms with van der Waals surface area (Å²) in [6.07, 6.45) is 9.32. The lowest BCUT2D eigenvalue weighted by Crippen LogP contribution is -2.37. The van der Waals surface area contributed by atoms with Crippen molar-refractivity contribution in [1.29, 1.82) is 0 Å². The molecule has 0 bridgehead atoms. The van der Waals surface area contributed by atoms with E-state index in [9.17, 15) is 4.79 Å². The minimum Gasteiger partial charge on any atom is -0.324 e. The molecule has 154 valence electrons. The topological polar surface area (TPSA) is 70.2 Å². The second kappa shape index (κ2) is 8.91. The lowest BCUT2D eigenvalue weighted by Gasteiger charge is -2.25. The highest BCUT2D eigenvalue weighted by atomic mass is 16.2. The molecule has 6 nitrogen and oxygen atoms in total. The first-order chi connectivity index (χ1) is 14.2. The molecule has 0 spiro atoms. The number of nitrogens with zero attached hydrogens (tertiary/aromatic N) is 3. The molecule has 2 aromatic rings. The molecule has 1 fully saturated rings. The molecule has 29 heavy (non-hydrogen) atoms. The summed E-state index contributed by atoms with van der Waals surface area (Å²) < 4.78 is 0. The van der Waals surface area contributed by atoms with Crippen LogP contribution in [0.3, 0.4) is 0 Å². The average molecular weight is 394 g/mol. The monoisotopic (exact) mass is 393 g/mol. The zero-order chi connectivity index (χ0) is 20.2. The Bertz CT molecular complexity index is 841. The molecule has 4 rings (SSSR count). The van der Waals surface area contributed by atoms with Crippen LogP contribution in [-0.2, 0) is 17.8 Å². The number of hydrogen-bond acceptors (Lipinski definition) is 5. The van der Waals surface area contributed by atoms with Crippen LogP contribution in [0.15, 0.2) is 30.5 Å². The van der Waals surface area contributed by atoms with Crippen molar-refractivity contribution in [1.82, 2.24) is 15.3 Å². The van der Waals surface area contributed by atoms with Gasteiger partial charge >= 0.3 is 0 Å². The molecule has 0 atom stereocenters. The predicted octanol–water partition coefficient (Wildman–Crippen LogP) is 4.33. The average Bonchev–Trinajstić information content (AvgIpc) is 3.36. The number of aromatic nitrogens is 2. The number of fused-ring (bicyclic) bond motifs is 1. The quantitative estimate of drug-likeness (QED) is 0.698. The van der Waals surface area contributed by atoms with Crippen molar-refractivity contribution < 1.29 is 4.79 Å². The van der Waals surface area contributed by atoms with Crippen molar-refractivity contribution >= 4 is 23.4 Å². The summed E-state index contributed by atoms with van der Waals surface area (Å²) in [6, 6.07) is 9.26. The maximum atomic E-state index is 12.5. The minimum absolute atomic E-state index is 0.124. The fraction of sp³-hybridized carbons (Fsp3) is 0.522. The van der Waals surface area contributed by atoms with Crippen molar-refractivity contribution in [2.45, 2.75) is 77.4 Å². The van der Waals surface area contributed by atoms with Crippen molar-refractivity contribution in [3.63, 3.8) is 0 Å². The number of amides is 1. The molecule has 6 heteroatoms. The SMILES string of the molecule is CCC(CC)N1C(=O)Cc2cnc(Nc3ccc(CNC4CCCC4)cc3)nc21. The Morgan fingerprint density at radius 2 is 1.86 bits per heavy atom. The van der Waals surface area contributed by atoms with Gasteiger partial charge in [-0.3, -0.25) is 9.69 Å². The van der Waals surface area contributed by atoms with E-state index >= 15 is 0 Å². The predicted molar refractivity (Wildman–Crippen MR) is 116 cm³/mol. The van der Waals surface area contributed by atoms with E-state index in [0.29, 0.717) is 18.4 Å². The van der Waals surface area contributed by atoms with Gasteiger partial charge in [0.1, 0.15) is 5.82 Å². The highest BCUT2D eigenvalue weighted by molar-refractivity contribution is 6.00. The summed E-state index contributed by atoms with van der Waals surface area (Å²) >= 11 is 0. The normalized spacial score (nSPS) is 16.7. The van der Waals surface area contributed by atoms with E-state index in [0.717, 1.165) is 36.5 Å². The second-order valence-corrected chi connectivity index (χ2v) is 8.14. The zero-order valence-corrected chi connectivity index (χ0v) is 17.4. The second-order valence-electron chi connectivity index (χ2n) is 8.14. The van der Waals surface area contributed by atoms with Crippen molar-refractivity contribution in [3.8, 4) is 0 Å². The molecule has 2 heterocycles. The number of benzene rings is 1. The van der Waals surface area contributed by atoms with Gasteiger partial charge < -0.3 is 10.6 Å². The van der Waals surface area contributed by atoms with E-state index in [1.54, 1.807) is 6.20 Å². The molecule has 1 aromatic carbocycles. The van der Waals surface area contributed by atoms with Crippen LogP contribution in [0.5, 0.6) is 0 Å². The van der Waals surface area contributed by atoms with E-state index in [1.807, 2.05) is 4.90 Å². The maximum Gasteiger partial charge on any atom is 0.233 e. The van der Waals surface area contributed by atoms with E-state index in [4.69, 9.17) is 0 Å². The number of carbonyl (C=O) groups excluding carboxylic acids is 1. The van der Waals surface area contributed by atoms with E-state index < -0.39 is 0 Å². The Labute approximate surface area is 173 Å². The molecule has 1 aromatic heterocycles. The molecular formula is C23H31N5O. The summed E-state index contributed by atoms with van der Waals surface area (Å²) in [4.78, 5) is 23.4. The van der Waals surface area contributed by atoms with Gasteiger partial charge in [0, 0.05) is 36.1 Å². The first kappa shape index (κ1) is 19.8. The van der Waals surface area contributed by atoms with Gasteiger partial charge in [0.05, 0.1) is 6.42 Å². The first-order valence-electron chi connectivity index (χ1n) is 10.9. The van der Waals surface area contributed by atoms with Gasteiger partial charge in [-0.1, -0.05) is 38.8 Å². The fourth-order valence-corrected chi connectivity index (χ4v) is 4.42. The first-order valence-corrected chi connectivity index (χ1v) is 10.9. The molecule has 1 saturated carbocycles. The Hall–Kier alpha value is -2.47. The number of rotatable bonds is 8. The van der Waals surface area contributed by atoms with Gasteiger partial charge in [0.2, 0.25) is 11.9 Å². The largest absolute Gasteiger partial charge is 0.324 e. The van der Waals surface area contributed by atoms with Gasteiger partial charge in [-0.15, -0.1) is 0 Å². The van der Waals surface area contributed by atoms with E-state index in [-0.39, 0.29) is 11.9 Å².